The predicted molar refractivity (Wildman–Crippen MR) is 83.1 cm³/mol. The zero-order valence-corrected chi connectivity index (χ0v) is 14.1. The molecule has 1 atom stereocenters. The van der Waals surface area contributed by atoms with E-state index in [-0.39, 0.29) is 5.78 Å². The number of allylic oxidation sites excluding steroid dienone is 1. The van der Waals surface area contributed by atoms with Crippen LogP contribution in [0.4, 0.5) is 0 Å². The van der Waals surface area contributed by atoms with E-state index in [1.807, 2.05) is 33.8 Å². The third kappa shape index (κ3) is 2.86. The van der Waals surface area contributed by atoms with Crippen LogP contribution >= 0.6 is 0 Å². The van der Waals surface area contributed by atoms with E-state index in [9.17, 15) is 9.59 Å². The Morgan fingerprint density at radius 2 is 1.86 bits per heavy atom. The van der Waals surface area contributed by atoms with Crippen molar-refractivity contribution in [1.29, 1.82) is 0 Å². The van der Waals surface area contributed by atoms with Gasteiger partial charge in [-0.25, -0.2) is 0 Å². The van der Waals surface area contributed by atoms with Gasteiger partial charge in [0, 0.05) is 6.42 Å². The predicted octanol–water partition coefficient (Wildman–Crippen LogP) is 2.48. The third-order valence-electron chi connectivity index (χ3n) is 5.15. The van der Waals surface area contributed by atoms with Gasteiger partial charge in [-0.1, -0.05) is 12.1 Å². The Morgan fingerprint density at radius 3 is 2.32 bits per heavy atom. The first-order valence-electron chi connectivity index (χ1n) is 7.79. The third-order valence-corrected chi connectivity index (χ3v) is 5.15. The lowest BCUT2D eigenvalue weighted by Gasteiger charge is -2.32. The smallest absolute Gasteiger partial charge is 0.468 e. The molecule has 0 aromatic rings. The van der Waals surface area contributed by atoms with Crippen LogP contribution in [0, 0.1) is 5.41 Å². The summed E-state index contributed by atoms with van der Waals surface area (Å²) in [5, 5.41) is 0. The molecule has 1 heterocycles. The van der Waals surface area contributed by atoms with Crippen molar-refractivity contribution >= 4 is 18.9 Å². The Morgan fingerprint density at radius 1 is 1.27 bits per heavy atom. The Kier molecular flexibility index (Phi) is 4.55. The summed E-state index contributed by atoms with van der Waals surface area (Å²) in [7, 11) is 0.865. The highest BCUT2D eigenvalue weighted by molar-refractivity contribution is 6.51. The number of rotatable bonds is 4. The number of ketones is 1. The minimum Gasteiger partial charge on any atom is -0.468 e. The topological polar surface area (TPSA) is 61.8 Å². The van der Waals surface area contributed by atoms with E-state index >= 15 is 0 Å². The van der Waals surface area contributed by atoms with Crippen LogP contribution in [-0.2, 0) is 23.6 Å². The first-order chi connectivity index (χ1) is 10.1. The van der Waals surface area contributed by atoms with Crippen LogP contribution in [-0.4, -0.2) is 37.2 Å². The quantitative estimate of drug-likeness (QED) is 0.453. The molecule has 1 aliphatic heterocycles. The Hall–Kier alpha value is -1.14. The monoisotopic (exact) mass is 308 g/mol. The number of methoxy groups -OCH3 is 1. The van der Waals surface area contributed by atoms with Gasteiger partial charge in [0.15, 0.2) is 0 Å². The number of Topliss-reactive ketones (excluding diaryl/α,β-unsaturated/α-hetero) is 1. The second-order valence-corrected chi connectivity index (χ2v) is 7.11. The fourth-order valence-corrected chi connectivity index (χ4v) is 2.99. The normalized spacial score (nSPS) is 30.2. The molecule has 0 amide bonds. The lowest BCUT2D eigenvalue weighted by Crippen LogP contribution is -2.41. The molecule has 1 saturated carbocycles. The van der Waals surface area contributed by atoms with E-state index in [2.05, 4.69) is 0 Å². The van der Waals surface area contributed by atoms with Crippen molar-refractivity contribution in [2.24, 2.45) is 5.41 Å². The number of carbonyl (C=O) groups is 2. The van der Waals surface area contributed by atoms with Gasteiger partial charge in [0.05, 0.1) is 18.3 Å². The van der Waals surface area contributed by atoms with E-state index in [1.54, 1.807) is 5.98 Å². The molecule has 0 radical (unpaired) electrons. The van der Waals surface area contributed by atoms with Gasteiger partial charge in [-0.05, 0) is 47.0 Å². The molecular weight excluding hydrogens is 283 g/mol. The number of hydrogen-bond donors (Lipinski definition) is 0. The highest BCUT2D eigenvalue weighted by Gasteiger charge is 2.51. The SMILES string of the molecule is COC(=O)C1(C/C=C\B2OC(C)(C)C(C)(C)O2)CCCC1=O. The molecule has 5 nitrogen and oxygen atoms in total. The van der Waals surface area contributed by atoms with E-state index in [0.29, 0.717) is 19.3 Å². The maximum atomic E-state index is 12.1. The second kappa shape index (κ2) is 5.82. The van der Waals surface area contributed by atoms with Crippen molar-refractivity contribution in [2.45, 2.75) is 64.6 Å². The number of ether oxygens (including phenoxy) is 1. The fourth-order valence-electron chi connectivity index (χ4n) is 2.99. The van der Waals surface area contributed by atoms with Crippen molar-refractivity contribution in [2.75, 3.05) is 7.11 Å². The summed E-state index contributed by atoms with van der Waals surface area (Å²) in [5.74, 6) is 1.32. The molecule has 1 unspecified atom stereocenters. The molecule has 0 aromatic carbocycles. The number of carbonyl (C=O) groups excluding carboxylic acids is 2. The Balaban J connectivity index is 2.05. The number of esters is 1. The van der Waals surface area contributed by atoms with Gasteiger partial charge in [-0.15, -0.1) is 0 Å². The molecule has 2 fully saturated rings. The van der Waals surface area contributed by atoms with Gasteiger partial charge < -0.3 is 14.0 Å². The molecule has 22 heavy (non-hydrogen) atoms. The molecule has 122 valence electrons. The minimum absolute atomic E-state index is 0.0297. The van der Waals surface area contributed by atoms with Crippen LogP contribution in [0.2, 0.25) is 0 Å². The minimum atomic E-state index is -1.02. The fraction of sp³-hybridized carbons (Fsp3) is 0.750. The Bertz CT molecular complexity index is 481. The van der Waals surface area contributed by atoms with Crippen molar-refractivity contribution in [3.8, 4) is 0 Å². The molecule has 2 aliphatic rings. The molecule has 0 N–H and O–H groups in total. The average Bonchev–Trinajstić information content (AvgIpc) is 2.87. The summed E-state index contributed by atoms with van der Waals surface area (Å²) in [4.78, 5) is 24.2. The maximum absolute atomic E-state index is 12.1. The second-order valence-electron chi connectivity index (χ2n) is 7.11. The summed E-state index contributed by atoms with van der Waals surface area (Å²) in [6, 6.07) is 0. The molecule has 1 saturated heterocycles. The zero-order chi connectivity index (χ0) is 16.6. The van der Waals surface area contributed by atoms with E-state index in [4.69, 9.17) is 14.0 Å². The van der Waals surface area contributed by atoms with Crippen LogP contribution in [0.15, 0.2) is 12.1 Å². The van der Waals surface area contributed by atoms with Gasteiger partial charge >= 0.3 is 13.1 Å². The lowest BCUT2D eigenvalue weighted by atomic mass is 9.79. The summed E-state index contributed by atoms with van der Waals surface area (Å²) in [6.07, 6.45) is 3.87. The van der Waals surface area contributed by atoms with E-state index in [1.165, 1.54) is 7.11 Å². The van der Waals surface area contributed by atoms with Crippen molar-refractivity contribution in [3.63, 3.8) is 0 Å². The van der Waals surface area contributed by atoms with Gasteiger partial charge in [0.2, 0.25) is 0 Å². The Labute approximate surface area is 132 Å². The van der Waals surface area contributed by atoms with Crippen molar-refractivity contribution < 1.29 is 23.6 Å². The van der Waals surface area contributed by atoms with Crippen molar-refractivity contribution in [3.05, 3.63) is 12.1 Å². The van der Waals surface area contributed by atoms with Gasteiger partial charge in [-0.2, -0.15) is 0 Å². The van der Waals surface area contributed by atoms with Gasteiger partial charge in [0.25, 0.3) is 0 Å². The highest BCUT2D eigenvalue weighted by Crippen LogP contribution is 2.40. The van der Waals surface area contributed by atoms with Crippen LogP contribution in [0.3, 0.4) is 0 Å². The molecule has 0 aromatic heterocycles. The molecule has 0 spiro atoms. The summed E-state index contributed by atoms with van der Waals surface area (Å²) >= 11 is 0. The molecular formula is C16H25BO5. The standard InChI is InChI=1S/C16H25BO5/c1-14(2)15(3,4)22-17(21-14)11-7-10-16(13(19)20-5)9-6-8-12(16)18/h7,11H,6,8-10H2,1-5H3/b11-7-. The van der Waals surface area contributed by atoms with Crippen LogP contribution in [0.25, 0.3) is 0 Å². The van der Waals surface area contributed by atoms with Crippen LogP contribution in [0.1, 0.15) is 53.4 Å². The van der Waals surface area contributed by atoms with Crippen LogP contribution in [0.5, 0.6) is 0 Å². The zero-order valence-electron chi connectivity index (χ0n) is 14.1. The molecule has 0 bridgehead atoms. The molecule has 6 heteroatoms. The van der Waals surface area contributed by atoms with Gasteiger partial charge in [0.1, 0.15) is 11.2 Å². The van der Waals surface area contributed by atoms with E-state index in [0.717, 1.165) is 6.42 Å². The summed E-state index contributed by atoms with van der Waals surface area (Å²) in [6.45, 7) is 7.93. The van der Waals surface area contributed by atoms with Crippen LogP contribution < -0.4 is 0 Å². The number of hydrogen-bond acceptors (Lipinski definition) is 5. The van der Waals surface area contributed by atoms with Crippen molar-refractivity contribution in [1.82, 2.24) is 0 Å². The summed E-state index contributed by atoms with van der Waals surface area (Å²) < 4.78 is 16.6. The van der Waals surface area contributed by atoms with Gasteiger partial charge in [-0.3, -0.25) is 9.59 Å². The lowest BCUT2D eigenvalue weighted by molar-refractivity contribution is -0.156. The first-order valence-corrected chi connectivity index (χ1v) is 7.79. The average molecular weight is 308 g/mol. The molecule has 1 aliphatic carbocycles. The van der Waals surface area contributed by atoms with E-state index < -0.39 is 29.7 Å². The highest BCUT2D eigenvalue weighted by atomic mass is 16.7. The molecule has 2 rings (SSSR count). The maximum Gasteiger partial charge on any atom is 0.486 e. The first kappa shape index (κ1) is 17.2. The largest absolute Gasteiger partial charge is 0.486 e. The summed E-state index contributed by atoms with van der Waals surface area (Å²) in [5.41, 5.74) is -1.81.